The number of imidazole rings is 1. The number of hydrogen-bond donors (Lipinski definition) is 1. The summed E-state index contributed by atoms with van der Waals surface area (Å²) in [6.45, 7) is 3.71. The summed E-state index contributed by atoms with van der Waals surface area (Å²) in [5.74, 6) is -0.724. The van der Waals surface area contributed by atoms with Gasteiger partial charge in [0.2, 0.25) is 0 Å². The second kappa shape index (κ2) is 7.69. The number of anilines is 1. The summed E-state index contributed by atoms with van der Waals surface area (Å²) in [4.78, 5) is 25.6. The quantitative estimate of drug-likeness (QED) is 0.663. The van der Waals surface area contributed by atoms with Gasteiger partial charge in [-0.1, -0.05) is 29.8 Å². The van der Waals surface area contributed by atoms with Crippen molar-refractivity contribution in [3.05, 3.63) is 60.2 Å². The number of aromatic nitrogens is 4. The maximum absolute atomic E-state index is 12.6. The van der Waals surface area contributed by atoms with Crippen molar-refractivity contribution >= 4 is 34.5 Å². The highest BCUT2D eigenvalue weighted by Gasteiger charge is 2.55. The molecule has 4 atom stereocenters. The zero-order valence-corrected chi connectivity index (χ0v) is 17.6. The number of amides is 1. The second-order valence-corrected chi connectivity index (χ2v) is 7.99. The largest absolute Gasteiger partial charge is 0.345 e. The molecule has 0 spiro atoms. The molecule has 5 rings (SSSR count). The van der Waals surface area contributed by atoms with E-state index in [4.69, 9.17) is 25.8 Å². The highest BCUT2D eigenvalue weighted by Crippen LogP contribution is 2.44. The minimum atomic E-state index is -0.754. The van der Waals surface area contributed by atoms with Crippen molar-refractivity contribution in [2.24, 2.45) is 0 Å². The average molecular weight is 442 g/mol. The van der Waals surface area contributed by atoms with E-state index in [1.54, 1.807) is 41.2 Å². The van der Waals surface area contributed by atoms with Gasteiger partial charge >= 0.3 is 0 Å². The monoisotopic (exact) mass is 441 g/mol. The molecule has 31 heavy (non-hydrogen) atoms. The third kappa shape index (κ3) is 3.59. The third-order valence-corrected chi connectivity index (χ3v) is 5.37. The number of hydrogen-bond acceptors (Lipinski definition) is 7. The maximum Gasteiger partial charge on any atom is 0.256 e. The lowest BCUT2D eigenvalue weighted by Gasteiger charge is -2.23. The molecule has 0 aliphatic carbocycles. The summed E-state index contributed by atoms with van der Waals surface area (Å²) < 4.78 is 20.0. The van der Waals surface area contributed by atoms with Crippen LogP contribution in [0.5, 0.6) is 0 Å². The molecule has 0 radical (unpaired) electrons. The molecular formula is C21H20ClN5O4. The van der Waals surface area contributed by atoms with Crippen molar-refractivity contribution < 1.29 is 19.0 Å². The molecule has 2 aliphatic rings. The molecule has 9 nitrogen and oxygen atoms in total. The minimum Gasteiger partial charge on any atom is -0.345 e. The van der Waals surface area contributed by atoms with Crippen LogP contribution < -0.4 is 5.32 Å². The molecule has 1 N–H and O–H groups in total. The SMILES string of the molecule is CC1(C)O[C@@H]2[C@H](O1)[C@@H](/C=C\Cl)O[C@H]2n1cnc2c(NC(=O)c3ccccc3)ncnc21. The number of rotatable bonds is 4. The Kier molecular flexibility index (Phi) is 4.98. The first-order chi connectivity index (χ1) is 15.0. The van der Waals surface area contributed by atoms with Gasteiger partial charge in [0.05, 0.1) is 6.33 Å². The van der Waals surface area contributed by atoms with E-state index in [1.807, 2.05) is 19.9 Å². The summed E-state index contributed by atoms with van der Waals surface area (Å²) in [6, 6.07) is 8.89. The Balaban J connectivity index is 1.48. The van der Waals surface area contributed by atoms with Crippen LogP contribution in [0.2, 0.25) is 0 Å². The first-order valence-corrected chi connectivity index (χ1v) is 10.2. The lowest BCUT2D eigenvalue weighted by atomic mass is 10.1. The molecule has 3 aromatic rings. The lowest BCUT2D eigenvalue weighted by Crippen LogP contribution is -2.28. The fourth-order valence-corrected chi connectivity index (χ4v) is 4.10. The van der Waals surface area contributed by atoms with Crippen molar-refractivity contribution in [3.8, 4) is 0 Å². The normalized spacial score (nSPS) is 27.1. The van der Waals surface area contributed by atoms with Gasteiger partial charge in [-0.2, -0.15) is 0 Å². The Hall–Kier alpha value is -2.85. The van der Waals surface area contributed by atoms with E-state index < -0.39 is 12.0 Å². The van der Waals surface area contributed by atoms with Crippen LogP contribution in [0.1, 0.15) is 30.4 Å². The first kappa shape index (κ1) is 20.1. The second-order valence-electron chi connectivity index (χ2n) is 7.74. The van der Waals surface area contributed by atoms with Crippen LogP contribution in [0.25, 0.3) is 11.2 Å². The zero-order chi connectivity index (χ0) is 21.6. The standard InChI is InChI=1S/C21H20ClN5O4/c1-21(2)30-15-13(8-9-22)29-20(16(15)31-21)27-11-25-14-17(23-10-24-18(14)27)26-19(28)12-6-4-3-5-7-12/h3-11,13,15-16,20H,1-2H3,(H,23,24,26,28)/b9-8-/t13-,15-,16-,20-/m1/s1. The van der Waals surface area contributed by atoms with Crippen LogP contribution in [0, 0.1) is 0 Å². The van der Waals surface area contributed by atoms with Crippen LogP contribution in [-0.4, -0.2) is 49.5 Å². The highest BCUT2D eigenvalue weighted by molar-refractivity contribution is 6.25. The van der Waals surface area contributed by atoms with Gasteiger partial charge in [-0.3, -0.25) is 9.36 Å². The Morgan fingerprint density at radius 1 is 1.16 bits per heavy atom. The van der Waals surface area contributed by atoms with Crippen LogP contribution in [0.3, 0.4) is 0 Å². The van der Waals surface area contributed by atoms with E-state index in [2.05, 4.69) is 20.3 Å². The van der Waals surface area contributed by atoms with Crippen molar-refractivity contribution in [2.45, 2.75) is 44.2 Å². The molecule has 0 unspecified atom stereocenters. The van der Waals surface area contributed by atoms with Crippen molar-refractivity contribution in [1.82, 2.24) is 19.5 Å². The van der Waals surface area contributed by atoms with Crippen LogP contribution >= 0.6 is 11.6 Å². The van der Waals surface area contributed by atoms with Gasteiger partial charge in [-0.05, 0) is 32.1 Å². The van der Waals surface area contributed by atoms with Crippen molar-refractivity contribution in [3.63, 3.8) is 0 Å². The van der Waals surface area contributed by atoms with Gasteiger partial charge in [0.25, 0.3) is 5.91 Å². The molecular weight excluding hydrogens is 422 g/mol. The fourth-order valence-electron chi connectivity index (χ4n) is 3.96. The Bertz CT molecular complexity index is 1150. The minimum absolute atomic E-state index is 0.283. The van der Waals surface area contributed by atoms with Gasteiger partial charge < -0.3 is 19.5 Å². The van der Waals surface area contributed by atoms with Gasteiger partial charge in [0.15, 0.2) is 29.0 Å². The van der Waals surface area contributed by atoms with Crippen LogP contribution in [-0.2, 0) is 14.2 Å². The van der Waals surface area contributed by atoms with E-state index in [-0.39, 0.29) is 24.2 Å². The average Bonchev–Trinajstić information content (AvgIpc) is 3.41. The summed E-state index contributed by atoms with van der Waals surface area (Å²) in [6.07, 6.45) is 3.06. The lowest BCUT2D eigenvalue weighted by molar-refractivity contribution is -0.191. The smallest absolute Gasteiger partial charge is 0.256 e. The molecule has 0 saturated carbocycles. The summed E-state index contributed by atoms with van der Waals surface area (Å²) in [7, 11) is 0. The summed E-state index contributed by atoms with van der Waals surface area (Å²) >= 11 is 5.79. The van der Waals surface area contributed by atoms with E-state index in [1.165, 1.54) is 11.9 Å². The van der Waals surface area contributed by atoms with E-state index >= 15 is 0 Å². The Morgan fingerprint density at radius 3 is 2.71 bits per heavy atom. The maximum atomic E-state index is 12.6. The van der Waals surface area contributed by atoms with Crippen molar-refractivity contribution in [1.29, 1.82) is 0 Å². The molecule has 160 valence electrons. The van der Waals surface area contributed by atoms with Crippen molar-refractivity contribution in [2.75, 3.05) is 5.32 Å². The van der Waals surface area contributed by atoms with Crippen LogP contribution in [0.4, 0.5) is 5.82 Å². The first-order valence-electron chi connectivity index (χ1n) is 9.79. The van der Waals surface area contributed by atoms with Gasteiger partial charge in [-0.25, -0.2) is 15.0 Å². The van der Waals surface area contributed by atoms with E-state index in [0.717, 1.165) is 0 Å². The number of nitrogens with one attached hydrogen (secondary N) is 1. The van der Waals surface area contributed by atoms with E-state index in [9.17, 15) is 4.79 Å². The molecule has 2 aromatic heterocycles. The van der Waals surface area contributed by atoms with Gasteiger partial charge in [0, 0.05) is 11.1 Å². The van der Waals surface area contributed by atoms with Gasteiger partial charge in [-0.15, -0.1) is 0 Å². The number of halogens is 1. The molecule has 0 bridgehead atoms. The summed E-state index contributed by atoms with van der Waals surface area (Å²) in [5.41, 5.74) is 2.88. The number of fused-ring (bicyclic) bond motifs is 2. The van der Waals surface area contributed by atoms with Gasteiger partial charge in [0.1, 0.15) is 24.6 Å². The third-order valence-electron chi connectivity index (χ3n) is 5.23. The summed E-state index contributed by atoms with van der Waals surface area (Å²) in [5, 5.41) is 2.80. The fraction of sp³-hybridized carbons (Fsp3) is 0.333. The van der Waals surface area contributed by atoms with E-state index in [0.29, 0.717) is 22.5 Å². The molecule has 2 saturated heterocycles. The van der Waals surface area contributed by atoms with Crippen LogP contribution in [0.15, 0.2) is 54.6 Å². The number of carbonyl (C=O) groups excluding carboxylic acids is 1. The molecule has 2 aliphatic heterocycles. The predicted octanol–water partition coefficient (Wildman–Crippen LogP) is 3.25. The molecule has 1 aromatic carbocycles. The zero-order valence-electron chi connectivity index (χ0n) is 16.8. The number of ether oxygens (including phenoxy) is 3. The molecule has 2 fully saturated rings. The topological polar surface area (TPSA) is 100 Å². The Labute approximate surface area is 183 Å². The molecule has 10 heteroatoms. The Morgan fingerprint density at radius 2 is 1.94 bits per heavy atom. The predicted molar refractivity (Wildman–Crippen MR) is 112 cm³/mol. The number of carbonyl (C=O) groups is 1. The molecule has 4 heterocycles. The molecule has 1 amide bonds. The number of benzene rings is 1. The highest BCUT2D eigenvalue weighted by atomic mass is 35.5. The number of nitrogens with zero attached hydrogens (tertiary/aromatic N) is 4.